The number of sulfonamides is 1. The first kappa shape index (κ1) is 23.1. The number of hydrogen-bond acceptors (Lipinski definition) is 9. The van der Waals surface area contributed by atoms with Crippen LogP contribution in [-0.4, -0.2) is 31.6 Å². The number of anilines is 2. The first-order valence-electron chi connectivity index (χ1n) is 9.19. The van der Waals surface area contributed by atoms with Crippen molar-refractivity contribution in [1.82, 2.24) is 0 Å². The van der Waals surface area contributed by atoms with Gasteiger partial charge in [0.1, 0.15) is 10.6 Å². The van der Waals surface area contributed by atoms with E-state index in [2.05, 4.69) is 15.2 Å². The summed E-state index contributed by atoms with van der Waals surface area (Å²) >= 11 is 0. The van der Waals surface area contributed by atoms with Crippen LogP contribution in [0.2, 0.25) is 0 Å². The fourth-order valence-corrected chi connectivity index (χ4v) is 3.98. The zero-order valence-electron chi connectivity index (χ0n) is 17.0. The number of ether oxygens (including phenoxy) is 1. The maximum Gasteiger partial charge on any atom is 0.278 e. The number of nitro benzene ring substituents is 2. The predicted molar refractivity (Wildman–Crippen MR) is 121 cm³/mol. The van der Waals surface area contributed by atoms with Crippen LogP contribution in [0.4, 0.5) is 22.7 Å². The standard InChI is InChI=1S/C20H17N5O7S/c1-32-17-9-6-15(7-10-17)23-33(30,31)20-12-16(24(26)27)8-11-18(20)22-21-13-14-4-2-3-5-19(14)25(28)29/h2-13,22-23H,1H3. The Morgan fingerprint density at radius 2 is 1.67 bits per heavy atom. The third kappa shape index (κ3) is 5.59. The van der Waals surface area contributed by atoms with Crippen molar-refractivity contribution in [2.75, 3.05) is 17.3 Å². The summed E-state index contributed by atoms with van der Waals surface area (Å²) in [5, 5.41) is 26.2. The second-order valence-corrected chi connectivity index (χ2v) is 8.11. The van der Waals surface area contributed by atoms with Crippen molar-refractivity contribution >= 4 is 39.0 Å². The van der Waals surface area contributed by atoms with Crippen LogP contribution in [0.3, 0.4) is 0 Å². The molecule has 0 atom stereocenters. The Bertz CT molecular complexity index is 1320. The minimum Gasteiger partial charge on any atom is -0.497 e. The molecule has 3 aromatic carbocycles. The van der Waals surface area contributed by atoms with Gasteiger partial charge in [-0.25, -0.2) is 8.42 Å². The Morgan fingerprint density at radius 1 is 0.970 bits per heavy atom. The molecule has 2 N–H and O–H groups in total. The molecule has 0 aliphatic rings. The van der Waals surface area contributed by atoms with E-state index >= 15 is 0 Å². The fraction of sp³-hybridized carbons (Fsp3) is 0.0500. The first-order valence-corrected chi connectivity index (χ1v) is 10.7. The number of nitro groups is 2. The number of methoxy groups -OCH3 is 1. The molecule has 0 radical (unpaired) electrons. The highest BCUT2D eigenvalue weighted by atomic mass is 32.2. The Labute approximate surface area is 187 Å². The van der Waals surface area contributed by atoms with Crippen LogP contribution in [0.5, 0.6) is 5.75 Å². The number of nitrogens with zero attached hydrogens (tertiary/aromatic N) is 3. The van der Waals surface area contributed by atoms with Crippen molar-refractivity contribution < 1.29 is 23.0 Å². The van der Waals surface area contributed by atoms with E-state index in [9.17, 15) is 28.6 Å². The predicted octanol–water partition coefficient (Wildman–Crippen LogP) is 3.76. The number of nitrogens with one attached hydrogen (secondary N) is 2. The summed E-state index contributed by atoms with van der Waals surface area (Å²) in [4.78, 5) is 20.6. The van der Waals surface area contributed by atoms with E-state index in [1.165, 1.54) is 43.5 Å². The lowest BCUT2D eigenvalue weighted by Crippen LogP contribution is -2.15. The van der Waals surface area contributed by atoms with Gasteiger partial charge in [-0.15, -0.1) is 0 Å². The highest BCUT2D eigenvalue weighted by Gasteiger charge is 2.23. The smallest absolute Gasteiger partial charge is 0.278 e. The zero-order valence-corrected chi connectivity index (χ0v) is 17.9. The van der Waals surface area contributed by atoms with Gasteiger partial charge in [-0.3, -0.25) is 30.4 Å². The van der Waals surface area contributed by atoms with E-state index in [0.717, 1.165) is 18.3 Å². The summed E-state index contributed by atoms with van der Waals surface area (Å²) in [6, 6.07) is 15.0. The minimum absolute atomic E-state index is 0.0727. The average molecular weight is 471 g/mol. The molecule has 13 heteroatoms. The van der Waals surface area contributed by atoms with Gasteiger partial charge >= 0.3 is 0 Å². The van der Waals surface area contributed by atoms with Gasteiger partial charge in [0.05, 0.1) is 34.4 Å². The van der Waals surface area contributed by atoms with E-state index in [1.54, 1.807) is 18.2 Å². The summed E-state index contributed by atoms with van der Waals surface area (Å²) in [7, 11) is -2.81. The molecule has 0 aromatic heterocycles. The number of non-ortho nitro benzene ring substituents is 1. The maximum atomic E-state index is 13.0. The normalized spacial score (nSPS) is 11.2. The van der Waals surface area contributed by atoms with E-state index < -0.39 is 30.5 Å². The molecule has 170 valence electrons. The molecule has 0 fully saturated rings. The Balaban J connectivity index is 1.94. The van der Waals surface area contributed by atoms with Crippen LogP contribution in [0.15, 0.2) is 76.7 Å². The molecule has 0 saturated carbocycles. The molecule has 0 aliphatic carbocycles. The van der Waals surface area contributed by atoms with Crippen LogP contribution >= 0.6 is 0 Å². The van der Waals surface area contributed by atoms with Gasteiger partial charge in [0.15, 0.2) is 0 Å². The third-order valence-electron chi connectivity index (χ3n) is 4.33. The highest BCUT2D eigenvalue weighted by molar-refractivity contribution is 7.92. The molecule has 0 aliphatic heterocycles. The van der Waals surface area contributed by atoms with Crippen LogP contribution in [0.25, 0.3) is 0 Å². The topological polar surface area (TPSA) is 166 Å². The summed E-state index contributed by atoms with van der Waals surface area (Å²) in [5.41, 5.74) is 2.16. The van der Waals surface area contributed by atoms with E-state index in [0.29, 0.717) is 5.75 Å². The fourth-order valence-electron chi connectivity index (χ4n) is 2.74. The summed E-state index contributed by atoms with van der Waals surface area (Å²) < 4.78 is 33.3. The molecule has 3 aromatic rings. The second-order valence-electron chi connectivity index (χ2n) is 6.46. The second kappa shape index (κ2) is 9.74. The van der Waals surface area contributed by atoms with Crippen molar-refractivity contribution in [3.05, 3.63) is 92.5 Å². The summed E-state index contributed by atoms with van der Waals surface area (Å²) in [6.45, 7) is 0. The van der Waals surface area contributed by atoms with Crippen molar-refractivity contribution in [3.8, 4) is 5.75 Å². The molecule has 12 nitrogen and oxygen atoms in total. The van der Waals surface area contributed by atoms with Crippen LogP contribution in [-0.2, 0) is 10.0 Å². The van der Waals surface area contributed by atoms with Crippen LogP contribution in [0, 0.1) is 20.2 Å². The van der Waals surface area contributed by atoms with Crippen molar-refractivity contribution in [1.29, 1.82) is 0 Å². The average Bonchev–Trinajstić information content (AvgIpc) is 2.79. The largest absolute Gasteiger partial charge is 0.497 e. The van der Waals surface area contributed by atoms with Crippen LogP contribution < -0.4 is 14.9 Å². The maximum absolute atomic E-state index is 13.0. The molecular weight excluding hydrogens is 454 g/mol. The summed E-state index contributed by atoms with van der Waals surface area (Å²) in [6.07, 6.45) is 1.15. The molecule has 0 saturated heterocycles. The molecule has 0 unspecified atom stereocenters. The van der Waals surface area contributed by atoms with Crippen LogP contribution in [0.1, 0.15) is 5.56 Å². The molecular formula is C20H17N5O7S. The van der Waals surface area contributed by atoms with E-state index in [-0.39, 0.29) is 22.6 Å². The molecule has 33 heavy (non-hydrogen) atoms. The van der Waals surface area contributed by atoms with Gasteiger partial charge in [0.2, 0.25) is 0 Å². The lowest BCUT2D eigenvalue weighted by molar-refractivity contribution is -0.385. The number of benzene rings is 3. The van der Waals surface area contributed by atoms with E-state index in [4.69, 9.17) is 4.74 Å². The molecule has 0 amide bonds. The lowest BCUT2D eigenvalue weighted by atomic mass is 10.2. The molecule has 0 spiro atoms. The van der Waals surface area contributed by atoms with Gasteiger partial charge in [0, 0.05) is 23.9 Å². The summed E-state index contributed by atoms with van der Waals surface area (Å²) in [5.74, 6) is 0.514. The Morgan fingerprint density at radius 3 is 2.30 bits per heavy atom. The minimum atomic E-state index is -4.28. The SMILES string of the molecule is COc1ccc(NS(=O)(=O)c2cc([N+](=O)[O-])ccc2NN=Cc2ccccc2[N+](=O)[O-])cc1. The lowest BCUT2D eigenvalue weighted by Gasteiger charge is -2.12. The number of rotatable bonds is 9. The van der Waals surface area contributed by atoms with Crippen molar-refractivity contribution in [2.24, 2.45) is 5.10 Å². The van der Waals surface area contributed by atoms with Crippen molar-refractivity contribution in [2.45, 2.75) is 4.90 Å². The van der Waals surface area contributed by atoms with Gasteiger partial charge in [0.25, 0.3) is 21.4 Å². The van der Waals surface area contributed by atoms with Gasteiger partial charge in [-0.05, 0) is 36.4 Å². The monoisotopic (exact) mass is 471 g/mol. The number of hydrazone groups is 1. The Hall–Kier alpha value is -4.52. The van der Waals surface area contributed by atoms with E-state index in [1.807, 2.05) is 0 Å². The molecule has 0 heterocycles. The van der Waals surface area contributed by atoms with Gasteiger partial charge in [-0.1, -0.05) is 12.1 Å². The third-order valence-corrected chi connectivity index (χ3v) is 5.75. The quantitative estimate of drug-likeness (QED) is 0.270. The van der Waals surface area contributed by atoms with Gasteiger partial charge < -0.3 is 4.74 Å². The molecule has 3 rings (SSSR count). The van der Waals surface area contributed by atoms with Crippen molar-refractivity contribution in [3.63, 3.8) is 0 Å². The zero-order chi connectivity index (χ0) is 24.0. The van der Waals surface area contributed by atoms with Gasteiger partial charge in [-0.2, -0.15) is 5.10 Å². The first-order chi connectivity index (χ1) is 15.7. The number of hydrogen-bond donors (Lipinski definition) is 2. The number of para-hydroxylation sites is 1. The highest BCUT2D eigenvalue weighted by Crippen LogP contribution is 2.29. The Kier molecular flexibility index (Phi) is 6.83. The molecule has 0 bridgehead atoms.